The Kier molecular flexibility index (Phi) is 5.46. The van der Waals surface area contributed by atoms with Crippen molar-refractivity contribution in [2.45, 2.75) is 33.3 Å². The summed E-state index contributed by atoms with van der Waals surface area (Å²) in [7, 11) is 0. The van der Waals surface area contributed by atoms with Crippen LogP contribution in [0, 0.1) is 5.41 Å². The van der Waals surface area contributed by atoms with Gasteiger partial charge in [-0.15, -0.1) is 0 Å². The van der Waals surface area contributed by atoms with Gasteiger partial charge in [-0.3, -0.25) is 0 Å². The van der Waals surface area contributed by atoms with Crippen molar-refractivity contribution >= 4 is 0 Å². The smallest absolute Gasteiger partial charge is 0.0894 e. The van der Waals surface area contributed by atoms with Crippen LogP contribution in [0.25, 0.3) is 0 Å². The summed E-state index contributed by atoms with van der Waals surface area (Å²) in [6.45, 7) is 7.67. The molecule has 3 N–H and O–H groups in total. The maximum Gasteiger partial charge on any atom is 0.0894 e. The fourth-order valence-corrected chi connectivity index (χ4v) is 0.767. The molecule has 0 bridgehead atoms. The van der Waals surface area contributed by atoms with E-state index in [4.69, 9.17) is 10.2 Å². The lowest BCUT2D eigenvalue weighted by molar-refractivity contribution is 0.0919. The van der Waals surface area contributed by atoms with Crippen LogP contribution in [0.3, 0.4) is 0 Å². The monoisotopic (exact) mass is 175 g/mol. The minimum atomic E-state index is -0.627. The van der Waals surface area contributed by atoms with E-state index in [1.54, 1.807) is 0 Å². The fourth-order valence-electron chi connectivity index (χ4n) is 0.767. The first-order valence-corrected chi connectivity index (χ1v) is 4.51. The summed E-state index contributed by atoms with van der Waals surface area (Å²) in [6, 6.07) is 0. The van der Waals surface area contributed by atoms with Crippen LogP contribution < -0.4 is 5.32 Å². The molecular weight excluding hydrogens is 154 g/mol. The Morgan fingerprint density at radius 3 is 2.42 bits per heavy atom. The molecule has 0 heterocycles. The Morgan fingerprint density at radius 2 is 2.00 bits per heavy atom. The van der Waals surface area contributed by atoms with Crippen molar-refractivity contribution in [2.24, 2.45) is 5.41 Å². The Labute approximate surface area is 74.8 Å². The van der Waals surface area contributed by atoms with Gasteiger partial charge in [-0.25, -0.2) is 0 Å². The first kappa shape index (κ1) is 11.9. The summed E-state index contributed by atoms with van der Waals surface area (Å²) < 4.78 is 0. The molecule has 0 saturated carbocycles. The molecule has 0 amide bonds. The Bertz CT molecular complexity index is 115. The summed E-state index contributed by atoms with van der Waals surface area (Å²) in [4.78, 5) is 0. The van der Waals surface area contributed by atoms with Crippen LogP contribution >= 0.6 is 0 Å². The van der Waals surface area contributed by atoms with E-state index in [0.29, 0.717) is 6.54 Å². The first-order valence-electron chi connectivity index (χ1n) is 4.51. The van der Waals surface area contributed by atoms with Gasteiger partial charge in [0.2, 0.25) is 0 Å². The largest absolute Gasteiger partial charge is 0.394 e. The van der Waals surface area contributed by atoms with Crippen LogP contribution in [0.5, 0.6) is 0 Å². The maximum atomic E-state index is 9.01. The Balaban J connectivity index is 3.42. The molecule has 0 aromatic carbocycles. The van der Waals surface area contributed by atoms with E-state index >= 15 is 0 Å². The van der Waals surface area contributed by atoms with Crippen molar-refractivity contribution < 1.29 is 10.2 Å². The van der Waals surface area contributed by atoms with Crippen LogP contribution in [0.4, 0.5) is 0 Å². The number of aliphatic hydroxyl groups excluding tert-OH is 2. The quantitative estimate of drug-likeness (QED) is 0.546. The lowest BCUT2D eigenvalue weighted by Crippen LogP contribution is -2.35. The highest BCUT2D eigenvalue weighted by molar-refractivity contribution is 4.70. The number of hydrogen-bond donors (Lipinski definition) is 3. The predicted molar refractivity (Wildman–Crippen MR) is 50.0 cm³/mol. The van der Waals surface area contributed by atoms with Gasteiger partial charge in [-0.05, 0) is 11.8 Å². The molecule has 0 aliphatic carbocycles. The third-order valence-corrected chi connectivity index (χ3v) is 2.15. The van der Waals surface area contributed by atoms with Gasteiger partial charge >= 0.3 is 0 Å². The summed E-state index contributed by atoms with van der Waals surface area (Å²) in [5.74, 6) is 0. The second kappa shape index (κ2) is 5.51. The van der Waals surface area contributed by atoms with Crippen molar-refractivity contribution in [3.05, 3.63) is 0 Å². The first-order chi connectivity index (χ1) is 5.52. The van der Waals surface area contributed by atoms with Crippen LogP contribution in [0.1, 0.15) is 27.2 Å². The highest BCUT2D eigenvalue weighted by Gasteiger charge is 2.14. The molecule has 0 saturated heterocycles. The Morgan fingerprint density at radius 1 is 1.42 bits per heavy atom. The van der Waals surface area contributed by atoms with Crippen molar-refractivity contribution in [2.75, 3.05) is 19.7 Å². The topological polar surface area (TPSA) is 52.5 Å². The summed E-state index contributed by atoms with van der Waals surface area (Å²) >= 11 is 0. The Hall–Kier alpha value is -0.120. The molecule has 3 heteroatoms. The predicted octanol–water partition coefficient (Wildman–Crippen LogP) is 0.365. The van der Waals surface area contributed by atoms with E-state index in [0.717, 1.165) is 13.0 Å². The van der Waals surface area contributed by atoms with Gasteiger partial charge in [0.15, 0.2) is 0 Å². The van der Waals surface area contributed by atoms with E-state index in [-0.39, 0.29) is 12.0 Å². The van der Waals surface area contributed by atoms with E-state index in [1.807, 2.05) is 0 Å². The maximum absolute atomic E-state index is 9.01. The lowest BCUT2D eigenvalue weighted by atomic mass is 9.90. The number of aliphatic hydroxyl groups is 2. The zero-order chi connectivity index (χ0) is 9.61. The summed E-state index contributed by atoms with van der Waals surface area (Å²) in [5, 5.41) is 20.7. The molecular formula is C9H21NO2. The van der Waals surface area contributed by atoms with Gasteiger partial charge in [0.05, 0.1) is 12.7 Å². The van der Waals surface area contributed by atoms with E-state index in [2.05, 4.69) is 26.1 Å². The fraction of sp³-hybridized carbons (Fsp3) is 1.00. The minimum absolute atomic E-state index is 0.167. The average Bonchev–Trinajstić information content (AvgIpc) is 2.04. The van der Waals surface area contributed by atoms with Crippen LogP contribution in [0.15, 0.2) is 0 Å². The summed E-state index contributed by atoms with van der Waals surface area (Å²) in [5.41, 5.74) is 0.273. The average molecular weight is 175 g/mol. The number of hydrogen-bond acceptors (Lipinski definition) is 3. The molecule has 0 aliphatic heterocycles. The highest BCUT2D eigenvalue weighted by atomic mass is 16.3. The molecule has 0 rings (SSSR count). The number of rotatable bonds is 6. The molecule has 1 atom stereocenters. The van der Waals surface area contributed by atoms with Gasteiger partial charge in [0.25, 0.3) is 0 Å². The molecule has 3 nitrogen and oxygen atoms in total. The van der Waals surface area contributed by atoms with Crippen molar-refractivity contribution in [3.8, 4) is 0 Å². The third-order valence-electron chi connectivity index (χ3n) is 2.15. The van der Waals surface area contributed by atoms with Crippen molar-refractivity contribution in [1.29, 1.82) is 0 Å². The van der Waals surface area contributed by atoms with Crippen LogP contribution in [0.2, 0.25) is 0 Å². The van der Waals surface area contributed by atoms with Gasteiger partial charge in [-0.1, -0.05) is 20.8 Å². The molecule has 0 aromatic rings. The molecule has 0 spiro atoms. The molecule has 74 valence electrons. The van der Waals surface area contributed by atoms with E-state index in [1.165, 1.54) is 0 Å². The summed E-state index contributed by atoms with van der Waals surface area (Å²) in [6.07, 6.45) is 0.479. The van der Waals surface area contributed by atoms with Gasteiger partial charge in [0, 0.05) is 13.1 Å². The zero-order valence-electron chi connectivity index (χ0n) is 8.30. The van der Waals surface area contributed by atoms with E-state index in [9.17, 15) is 0 Å². The second-order valence-electron chi connectivity index (χ2n) is 3.99. The molecule has 0 unspecified atom stereocenters. The molecule has 0 aliphatic rings. The molecule has 12 heavy (non-hydrogen) atoms. The zero-order valence-corrected chi connectivity index (χ0v) is 8.30. The van der Waals surface area contributed by atoms with Crippen LogP contribution in [-0.4, -0.2) is 36.0 Å². The SMILES string of the molecule is CCC(C)(C)CNC[C@H](O)CO. The molecule has 0 radical (unpaired) electrons. The standard InChI is InChI=1S/C9H21NO2/c1-4-9(2,3)7-10-5-8(12)6-11/h8,10-12H,4-7H2,1-3H3/t8-/m0/s1. The third kappa shape index (κ3) is 5.52. The van der Waals surface area contributed by atoms with Gasteiger partial charge in [-0.2, -0.15) is 0 Å². The molecule has 0 fully saturated rings. The van der Waals surface area contributed by atoms with Crippen LogP contribution in [-0.2, 0) is 0 Å². The van der Waals surface area contributed by atoms with E-state index < -0.39 is 6.10 Å². The van der Waals surface area contributed by atoms with Crippen molar-refractivity contribution in [1.82, 2.24) is 5.32 Å². The normalized spacial score (nSPS) is 14.8. The minimum Gasteiger partial charge on any atom is -0.394 e. The second-order valence-corrected chi connectivity index (χ2v) is 3.99. The van der Waals surface area contributed by atoms with Crippen molar-refractivity contribution in [3.63, 3.8) is 0 Å². The van der Waals surface area contributed by atoms with Gasteiger partial charge < -0.3 is 15.5 Å². The number of nitrogens with one attached hydrogen (secondary N) is 1. The lowest BCUT2D eigenvalue weighted by Gasteiger charge is -2.23. The highest BCUT2D eigenvalue weighted by Crippen LogP contribution is 2.17. The molecule has 0 aromatic heterocycles. The van der Waals surface area contributed by atoms with Gasteiger partial charge in [0.1, 0.15) is 0 Å².